The third-order valence-electron chi connectivity index (χ3n) is 7.48. The smallest absolute Gasteiger partial charge is 0.256 e. The van der Waals surface area contributed by atoms with E-state index in [0.717, 1.165) is 44.5 Å². The molecule has 0 spiro atoms. The predicted octanol–water partition coefficient (Wildman–Crippen LogP) is 3.14. The van der Waals surface area contributed by atoms with Crippen molar-refractivity contribution < 1.29 is 37.9 Å². The number of rotatable bonds is 8. The molecule has 0 heterocycles. The molecular formula is C24H28O8. The molecule has 3 aliphatic rings. The van der Waals surface area contributed by atoms with Gasteiger partial charge in [0, 0.05) is 79.1 Å². The molecule has 0 saturated carbocycles. The molecule has 0 amide bonds. The van der Waals surface area contributed by atoms with Gasteiger partial charge in [-0.05, 0) is 46.5 Å². The average molecular weight is 444 g/mol. The maximum atomic E-state index is 5.79. The summed E-state index contributed by atoms with van der Waals surface area (Å²) in [5.74, 6) is -4.66. The van der Waals surface area contributed by atoms with Gasteiger partial charge in [-0.2, -0.15) is 0 Å². The Hall–Kier alpha value is -1.88. The Balaban J connectivity index is 1.69. The minimum Gasteiger partial charge on any atom is -0.345 e. The van der Waals surface area contributed by atoms with Crippen LogP contribution in [0.25, 0.3) is 22.3 Å². The zero-order valence-electron chi connectivity index (χ0n) is 19.6. The van der Waals surface area contributed by atoms with Crippen LogP contribution in [0.4, 0.5) is 0 Å². The fraction of sp³-hybridized carbons (Fsp3) is 0.500. The number of ether oxygens (including phenoxy) is 8. The molecule has 0 unspecified atom stereocenters. The first-order chi connectivity index (χ1) is 15.4. The van der Waals surface area contributed by atoms with Crippen molar-refractivity contribution >= 4 is 0 Å². The van der Waals surface area contributed by atoms with Crippen molar-refractivity contribution in [3.63, 3.8) is 0 Å². The van der Waals surface area contributed by atoms with E-state index in [9.17, 15) is 0 Å². The lowest BCUT2D eigenvalue weighted by molar-refractivity contribution is -0.429. The van der Waals surface area contributed by atoms with Crippen LogP contribution in [0.1, 0.15) is 22.3 Å². The first-order valence-corrected chi connectivity index (χ1v) is 10.2. The van der Waals surface area contributed by atoms with E-state index in [1.807, 2.05) is 0 Å². The summed E-state index contributed by atoms with van der Waals surface area (Å²) in [6.07, 6.45) is 0. The van der Waals surface area contributed by atoms with Crippen LogP contribution in [0, 0.1) is 0 Å². The van der Waals surface area contributed by atoms with Crippen molar-refractivity contribution in [1.82, 2.24) is 0 Å². The molecule has 0 fully saturated rings. The standard InChI is InChI=1S/C24H28O8/c1-25-21(26-2)17-9-13-14(10-18(17)22(21,27-3)28-4)16-12-20-19(11-15(13)16)23(29-5,30-6)24(20,31-7)32-8/h9-12H,1-8H3. The van der Waals surface area contributed by atoms with E-state index >= 15 is 0 Å². The molecule has 0 atom stereocenters. The third kappa shape index (κ3) is 1.91. The van der Waals surface area contributed by atoms with Crippen molar-refractivity contribution in [2.75, 3.05) is 56.9 Å². The maximum absolute atomic E-state index is 5.79. The summed E-state index contributed by atoms with van der Waals surface area (Å²) in [7, 11) is 12.6. The molecule has 0 aromatic heterocycles. The molecule has 2 aromatic rings. The molecule has 0 N–H and O–H groups in total. The monoisotopic (exact) mass is 444 g/mol. The minimum atomic E-state index is -1.17. The van der Waals surface area contributed by atoms with Gasteiger partial charge in [0.2, 0.25) is 0 Å². The lowest BCUT2D eigenvalue weighted by atomic mass is 9.65. The summed E-state index contributed by atoms with van der Waals surface area (Å²) in [5, 5.41) is 0. The van der Waals surface area contributed by atoms with Gasteiger partial charge in [0.1, 0.15) is 0 Å². The zero-order valence-corrected chi connectivity index (χ0v) is 19.6. The molecule has 0 radical (unpaired) electrons. The minimum absolute atomic E-state index is 0.867. The first kappa shape index (κ1) is 21.9. The largest absolute Gasteiger partial charge is 0.345 e. The van der Waals surface area contributed by atoms with Crippen LogP contribution in [0.15, 0.2) is 24.3 Å². The molecule has 0 aliphatic heterocycles. The van der Waals surface area contributed by atoms with E-state index in [0.29, 0.717) is 0 Å². The molecule has 172 valence electrons. The number of hydrogen-bond donors (Lipinski definition) is 0. The molecule has 2 aromatic carbocycles. The highest BCUT2D eigenvalue weighted by molar-refractivity contribution is 6.04. The van der Waals surface area contributed by atoms with E-state index < -0.39 is 23.1 Å². The Kier molecular flexibility index (Phi) is 4.67. The van der Waals surface area contributed by atoms with Crippen molar-refractivity contribution in [3.05, 3.63) is 46.5 Å². The second-order valence-corrected chi connectivity index (χ2v) is 7.99. The highest BCUT2D eigenvalue weighted by Gasteiger charge is 2.70. The number of fused-ring (bicyclic) bond motifs is 6. The lowest BCUT2D eigenvalue weighted by Crippen LogP contribution is -2.63. The lowest BCUT2D eigenvalue weighted by Gasteiger charge is -2.56. The molecule has 5 rings (SSSR count). The van der Waals surface area contributed by atoms with Gasteiger partial charge in [-0.25, -0.2) is 0 Å². The molecular weight excluding hydrogens is 416 g/mol. The second-order valence-electron chi connectivity index (χ2n) is 7.99. The molecule has 0 bridgehead atoms. The van der Waals surface area contributed by atoms with Gasteiger partial charge in [-0.15, -0.1) is 0 Å². The Morgan fingerprint density at radius 2 is 0.500 bits per heavy atom. The average Bonchev–Trinajstić information content (AvgIpc) is 2.82. The zero-order chi connectivity index (χ0) is 23.1. The second kappa shape index (κ2) is 6.82. The predicted molar refractivity (Wildman–Crippen MR) is 114 cm³/mol. The topological polar surface area (TPSA) is 73.8 Å². The van der Waals surface area contributed by atoms with Gasteiger partial charge >= 0.3 is 0 Å². The SMILES string of the molecule is COC1(OC)c2cc3c(cc2C1(OC)OC)-c1cc2c(cc1-3)C(OC)(OC)C2(OC)OC. The molecule has 8 heteroatoms. The number of methoxy groups -OCH3 is 8. The van der Waals surface area contributed by atoms with Crippen molar-refractivity contribution in [1.29, 1.82) is 0 Å². The highest BCUT2D eigenvalue weighted by atomic mass is 16.8. The van der Waals surface area contributed by atoms with E-state index in [1.165, 1.54) is 0 Å². The summed E-state index contributed by atoms with van der Waals surface area (Å²) in [4.78, 5) is 0. The summed E-state index contributed by atoms with van der Waals surface area (Å²) in [5.41, 5.74) is 7.78. The molecule has 0 saturated heterocycles. The van der Waals surface area contributed by atoms with E-state index in [-0.39, 0.29) is 0 Å². The Morgan fingerprint density at radius 1 is 0.344 bits per heavy atom. The highest BCUT2D eigenvalue weighted by Crippen LogP contribution is 2.65. The maximum Gasteiger partial charge on any atom is 0.256 e. The summed E-state index contributed by atoms with van der Waals surface area (Å²) in [6.45, 7) is 0. The van der Waals surface area contributed by atoms with Crippen molar-refractivity contribution in [3.8, 4) is 22.3 Å². The number of benzene rings is 2. The van der Waals surface area contributed by atoms with Gasteiger partial charge in [0.25, 0.3) is 23.1 Å². The van der Waals surface area contributed by atoms with Crippen LogP contribution in [0.3, 0.4) is 0 Å². The Labute approximate surface area is 187 Å². The quantitative estimate of drug-likeness (QED) is 0.491. The van der Waals surface area contributed by atoms with Gasteiger partial charge in [0.15, 0.2) is 0 Å². The van der Waals surface area contributed by atoms with Gasteiger partial charge in [-0.3, -0.25) is 0 Å². The molecule has 8 nitrogen and oxygen atoms in total. The van der Waals surface area contributed by atoms with E-state index in [4.69, 9.17) is 37.9 Å². The fourth-order valence-corrected chi connectivity index (χ4v) is 5.99. The Morgan fingerprint density at radius 3 is 0.625 bits per heavy atom. The fourth-order valence-electron chi connectivity index (χ4n) is 5.99. The molecule has 32 heavy (non-hydrogen) atoms. The van der Waals surface area contributed by atoms with Crippen LogP contribution in [0.5, 0.6) is 0 Å². The number of hydrogen-bond acceptors (Lipinski definition) is 8. The summed E-state index contributed by atoms with van der Waals surface area (Å²) < 4.78 is 46.3. The van der Waals surface area contributed by atoms with Gasteiger partial charge < -0.3 is 37.9 Å². The van der Waals surface area contributed by atoms with Crippen molar-refractivity contribution in [2.45, 2.75) is 23.1 Å². The Bertz CT molecular complexity index is 904. The summed E-state index contributed by atoms with van der Waals surface area (Å²) in [6, 6.07) is 8.29. The van der Waals surface area contributed by atoms with Crippen molar-refractivity contribution in [2.24, 2.45) is 0 Å². The van der Waals surface area contributed by atoms with E-state index in [2.05, 4.69) is 24.3 Å². The molecule has 3 aliphatic carbocycles. The van der Waals surface area contributed by atoms with Crippen LogP contribution < -0.4 is 0 Å². The van der Waals surface area contributed by atoms with Crippen LogP contribution >= 0.6 is 0 Å². The first-order valence-electron chi connectivity index (χ1n) is 10.2. The van der Waals surface area contributed by atoms with Crippen LogP contribution in [-0.4, -0.2) is 56.9 Å². The van der Waals surface area contributed by atoms with Crippen LogP contribution in [-0.2, 0) is 61.0 Å². The van der Waals surface area contributed by atoms with Gasteiger partial charge in [-0.1, -0.05) is 0 Å². The van der Waals surface area contributed by atoms with Gasteiger partial charge in [0.05, 0.1) is 0 Å². The summed E-state index contributed by atoms with van der Waals surface area (Å²) >= 11 is 0. The van der Waals surface area contributed by atoms with Crippen LogP contribution in [0.2, 0.25) is 0 Å². The third-order valence-corrected chi connectivity index (χ3v) is 7.48. The normalized spacial score (nSPS) is 21.2. The van der Waals surface area contributed by atoms with E-state index in [1.54, 1.807) is 56.9 Å².